The first kappa shape index (κ1) is 13.3. The van der Waals surface area contributed by atoms with Gasteiger partial charge in [-0.1, -0.05) is 24.3 Å². The summed E-state index contributed by atoms with van der Waals surface area (Å²) in [6, 6.07) is 8.08. The summed E-state index contributed by atoms with van der Waals surface area (Å²) in [6.45, 7) is 2.02. The van der Waals surface area contributed by atoms with Gasteiger partial charge in [-0.25, -0.2) is 0 Å². The number of hydrogen-bond donors (Lipinski definition) is 2. The molecule has 0 aliphatic heterocycles. The maximum Gasteiger partial charge on any atom is 0.303 e. The minimum Gasteiger partial charge on any atom is -0.481 e. The van der Waals surface area contributed by atoms with Crippen LogP contribution in [0.3, 0.4) is 0 Å². The van der Waals surface area contributed by atoms with E-state index in [1.807, 2.05) is 31.2 Å². The maximum absolute atomic E-state index is 10.5. The number of carbonyl (C=O) groups is 1. The standard InChI is InChI=1S/C14H17N3O2/c1-10(5-4-8-13(18)19)16-14-12-7-3-2-6-11(12)9-15-17-14/h2-3,6-7,9-10H,4-5,8H2,1H3,(H,16,17)(H,18,19). The van der Waals surface area contributed by atoms with Crippen molar-refractivity contribution in [3.8, 4) is 0 Å². The van der Waals surface area contributed by atoms with Gasteiger partial charge in [-0.15, -0.1) is 5.10 Å². The average Bonchev–Trinajstić information content (AvgIpc) is 2.39. The fourth-order valence-electron chi connectivity index (χ4n) is 2.00. The van der Waals surface area contributed by atoms with Crippen LogP contribution in [0.1, 0.15) is 26.2 Å². The molecular weight excluding hydrogens is 242 g/mol. The highest BCUT2D eigenvalue weighted by molar-refractivity contribution is 5.90. The highest BCUT2D eigenvalue weighted by Gasteiger charge is 2.08. The molecule has 1 unspecified atom stereocenters. The summed E-state index contributed by atoms with van der Waals surface area (Å²) in [4.78, 5) is 10.5. The summed E-state index contributed by atoms with van der Waals surface area (Å²) in [6.07, 6.45) is 3.38. The second-order valence-corrected chi connectivity index (χ2v) is 4.61. The first-order valence-electron chi connectivity index (χ1n) is 6.35. The predicted molar refractivity (Wildman–Crippen MR) is 74.1 cm³/mol. The minimum absolute atomic E-state index is 0.166. The summed E-state index contributed by atoms with van der Waals surface area (Å²) in [5, 5.41) is 22.1. The molecule has 1 aromatic heterocycles. The number of benzene rings is 1. The number of hydrogen-bond acceptors (Lipinski definition) is 4. The number of carboxylic acid groups (broad SMARTS) is 1. The van der Waals surface area contributed by atoms with Gasteiger partial charge in [0.1, 0.15) is 0 Å². The Kier molecular flexibility index (Phi) is 4.28. The number of anilines is 1. The number of aliphatic carboxylic acids is 1. The largest absolute Gasteiger partial charge is 0.481 e. The van der Waals surface area contributed by atoms with Gasteiger partial charge in [0.25, 0.3) is 0 Å². The number of carboxylic acids is 1. The fourth-order valence-corrected chi connectivity index (χ4v) is 2.00. The topological polar surface area (TPSA) is 75.1 Å². The quantitative estimate of drug-likeness (QED) is 0.834. The Morgan fingerprint density at radius 3 is 3.00 bits per heavy atom. The smallest absolute Gasteiger partial charge is 0.303 e. The molecule has 1 heterocycles. The van der Waals surface area contributed by atoms with Gasteiger partial charge in [-0.2, -0.15) is 5.10 Å². The lowest BCUT2D eigenvalue weighted by Gasteiger charge is -2.14. The molecule has 0 amide bonds. The van der Waals surface area contributed by atoms with Gasteiger partial charge < -0.3 is 10.4 Å². The summed E-state index contributed by atoms with van der Waals surface area (Å²) >= 11 is 0. The van der Waals surface area contributed by atoms with E-state index in [2.05, 4.69) is 15.5 Å². The molecule has 2 rings (SSSR count). The summed E-state index contributed by atoms with van der Waals surface area (Å²) < 4.78 is 0. The molecule has 0 bridgehead atoms. The van der Waals surface area contributed by atoms with Gasteiger partial charge in [0, 0.05) is 23.2 Å². The highest BCUT2D eigenvalue weighted by Crippen LogP contribution is 2.20. The lowest BCUT2D eigenvalue weighted by atomic mass is 10.1. The van der Waals surface area contributed by atoms with Crippen LogP contribution in [-0.4, -0.2) is 27.3 Å². The lowest BCUT2D eigenvalue weighted by Crippen LogP contribution is -2.17. The molecule has 0 fully saturated rings. The van der Waals surface area contributed by atoms with Crippen LogP contribution in [0, 0.1) is 0 Å². The van der Waals surface area contributed by atoms with Crippen molar-refractivity contribution < 1.29 is 9.90 Å². The van der Waals surface area contributed by atoms with Gasteiger partial charge in [-0.05, 0) is 19.8 Å². The van der Waals surface area contributed by atoms with Crippen molar-refractivity contribution >= 4 is 22.6 Å². The Morgan fingerprint density at radius 2 is 2.21 bits per heavy atom. The molecule has 0 saturated carbocycles. The maximum atomic E-state index is 10.5. The third-order valence-electron chi connectivity index (χ3n) is 2.98. The molecule has 5 nitrogen and oxygen atoms in total. The summed E-state index contributed by atoms with van der Waals surface area (Å²) in [7, 11) is 0. The van der Waals surface area contributed by atoms with Crippen LogP contribution in [0.4, 0.5) is 5.82 Å². The molecule has 0 saturated heterocycles. The molecule has 1 atom stereocenters. The zero-order valence-corrected chi connectivity index (χ0v) is 10.8. The number of aromatic nitrogens is 2. The van der Waals surface area contributed by atoms with Crippen LogP contribution in [-0.2, 0) is 4.79 Å². The van der Waals surface area contributed by atoms with Crippen molar-refractivity contribution in [3.63, 3.8) is 0 Å². The van der Waals surface area contributed by atoms with E-state index in [1.54, 1.807) is 6.20 Å². The van der Waals surface area contributed by atoms with E-state index in [0.29, 0.717) is 6.42 Å². The van der Waals surface area contributed by atoms with Crippen LogP contribution >= 0.6 is 0 Å². The van der Waals surface area contributed by atoms with E-state index in [1.165, 1.54) is 0 Å². The molecule has 2 aromatic rings. The van der Waals surface area contributed by atoms with E-state index in [-0.39, 0.29) is 12.5 Å². The monoisotopic (exact) mass is 259 g/mol. The van der Waals surface area contributed by atoms with Gasteiger partial charge in [0.2, 0.25) is 0 Å². The molecule has 0 spiro atoms. The second kappa shape index (κ2) is 6.13. The van der Waals surface area contributed by atoms with Crippen LogP contribution in [0.5, 0.6) is 0 Å². The number of nitrogens with zero attached hydrogens (tertiary/aromatic N) is 2. The molecule has 100 valence electrons. The Hall–Kier alpha value is -2.17. The number of nitrogens with one attached hydrogen (secondary N) is 1. The van der Waals surface area contributed by atoms with Crippen molar-refractivity contribution in [1.82, 2.24) is 10.2 Å². The molecular formula is C14H17N3O2. The SMILES string of the molecule is CC(CCCC(=O)O)Nc1nncc2ccccc12. The molecule has 0 aliphatic rings. The van der Waals surface area contributed by atoms with Crippen LogP contribution in [0.15, 0.2) is 30.5 Å². The molecule has 19 heavy (non-hydrogen) atoms. The highest BCUT2D eigenvalue weighted by atomic mass is 16.4. The lowest BCUT2D eigenvalue weighted by molar-refractivity contribution is -0.137. The van der Waals surface area contributed by atoms with E-state index in [4.69, 9.17) is 5.11 Å². The summed E-state index contributed by atoms with van der Waals surface area (Å²) in [5.41, 5.74) is 0. The molecule has 0 aliphatic carbocycles. The van der Waals surface area contributed by atoms with Crippen molar-refractivity contribution in [3.05, 3.63) is 30.5 Å². The first-order chi connectivity index (χ1) is 9.16. The second-order valence-electron chi connectivity index (χ2n) is 4.61. The minimum atomic E-state index is -0.753. The van der Waals surface area contributed by atoms with Crippen LogP contribution in [0.25, 0.3) is 10.8 Å². The van der Waals surface area contributed by atoms with Crippen molar-refractivity contribution in [2.75, 3.05) is 5.32 Å². The van der Waals surface area contributed by atoms with E-state index in [9.17, 15) is 4.79 Å². The first-order valence-corrected chi connectivity index (χ1v) is 6.35. The van der Waals surface area contributed by atoms with E-state index < -0.39 is 5.97 Å². The zero-order valence-electron chi connectivity index (χ0n) is 10.8. The Bertz CT molecular complexity index is 566. The Morgan fingerprint density at radius 1 is 1.42 bits per heavy atom. The zero-order chi connectivity index (χ0) is 13.7. The number of fused-ring (bicyclic) bond motifs is 1. The normalized spacial score (nSPS) is 12.3. The van der Waals surface area contributed by atoms with Crippen molar-refractivity contribution in [2.24, 2.45) is 0 Å². The Balaban J connectivity index is 2.02. The number of rotatable bonds is 6. The predicted octanol–water partition coefficient (Wildman–Crippen LogP) is 2.69. The third-order valence-corrected chi connectivity index (χ3v) is 2.98. The molecule has 5 heteroatoms. The summed E-state index contributed by atoms with van der Waals surface area (Å²) in [5.74, 6) is -0.00178. The van der Waals surface area contributed by atoms with Crippen molar-refractivity contribution in [1.29, 1.82) is 0 Å². The molecule has 2 N–H and O–H groups in total. The van der Waals surface area contributed by atoms with Gasteiger partial charge >= 0.3 is 5.97 Å². The third kappa shape index (κ3) is 3.64. The van der Waals surface area contributed by atoms with Crippen molar-refractivity contribution in [2.45, 2.75) is 32.2 Å². The average molecular weight is 259 g/mol. The van der Waals surface area contributed by atoms with Gasteiger partial charge in [0.05, 0.1) is 6.20 Å². The van der Waals surface area contributed by atoms with Crippen LogP contribution < -0.4 is 5.32 Å². The van der Waals surface area contributed by atoms with E-state index >= 15 is 0 Å². The van der Waals surface area contributed by atoms with Crippen LogP contribution in [0.2, 0.25) is 0 Å². The fraction of sp³-hybridized carbons (Fsp3) is 0.357. The van der Waals surface area contributed by atoms with E-state index in [0.717, 1.165) is 23.0 Å². The van der Waals surface area contributed by atoms with Gasteiger partial charge in [0.15, 0.2) is 5.82 Å². The Labute approximate surface area is 111 Å². The molecule has 1 aromatic carbocycles. The van der Waals surface area contributed by atoms with Gasteiger partial charge in [-0.3, -0.25) is 4.79 Å². The molecule has 0 radical (unpaired) electrons.